The molecule has 0 aliphatic carbocycles. The van der Waals surface area contributed by atoms with Crippen LogP contribution in [-0.2, 0) is 0 Å². The molecule has 2 heterocycles. The molecule has 21 heavy (non-hydrogen) atoms. The van der Waals surface area contributed by atoms with Crippen LogP contribution < -0.4 is 9.64 Å². The summed E-state index contributed by atoms with van der Waals surface area (Å²) in [5.41, 5.74) is 0.734. The number of carbonyl (C=O) groups is 1. The third kappa shape index (κ3) is 2.64. The van der Waals surface area contributed by atoms with Crippen LogP contribution in [0.2, 0.25) is 5.02 Å². The SMILES string of the molecule is O=C(O)c1nc(N2CCCOc3ccccc32)ccc1Cl. The van der Waals surface area contributed by atoms with Gasteiger partial charge in [0.05, 0.1) is 17.3 Å². The van der Waals surface area contributed by atoms with Gasteiger partial charge >= 0.3 is 5.97 Å². The number of carboxylic acids is 1. The molecule has 6 heteroatoms. The van der Waals surface area contributed by atoms with Crippen LogP contribution in [0.1, 0.15) is 16.9 Å². The van der Waals surface area contributed by atoms with Crippen LogP contribution in [0.5, 0.6) is 5.75 Å². The van der Waals surface area contributed by atoms with Crippen molar-refractivity contribution in [1.29, 1.82) is 0 Å². The van der Waals surface area contributed by atoms with E-state index in [4.69, 9.17) is 21.4 Å². The third-order valence-electron chi connectivity index (χ3n) is 3.25. The Hall–Kier alpha value is -2.27. The van der Waals surface area contributed by atoms with Crippen molar-refractivity contribution < 1.29 is 14.6 Å². The van der Waals surface area contributed by atoms with Crippen molar-refractivity contribution in [2.24, 2.45) is 0 Å². The molecule has 1 aromatic heterocycles. The maximum Gasteiger partial charge on any atom is 0.356 e. The van der Waals surface area contributed by atoms with Gasteiger partial charge in [-0.15, -0.1) is 0 Å². The van der Waals surface area contributed by atoms with E-state index < -0.39 is 5.97 Å². The molecular weight excluding hydrogens is 292 g/mol. The number of fused-ring (bicyclic) bond motifs is 1. The highest BCUT2D eigenvalue weighted by atomic mass is 35.5. The van der Waals surface area contributed by atoms with Crippen molar-refractivity contribution in [2.45, 2.75) is 6.42 Å². The highest BCUT2D eigenvalue weighted by molar-refractivity contribution is 6.33. The Balaban J connectivity index is 2.08. The van der Waals surface area contributed by atoms with Crippen LogP contribution >= 0.6 is 11.6 Å². The van der Waals surface area contributed by atoms with E-state index in [-0.39, 0.29) is 10.7 Å². The number of aromatic carboxylic acids is 1. The summed E-state index contributed by atoms with van der Waals surface area (Å²) in [6.45, 7) is 1.32. The minimum Gasteiger partial charge on any atom is -0.491 e. The second-order valence-corrected chi connectivity index (χ2v) is 5.03. The van der Waals surface area contributed by atoms with Gasteiger partial charge in [-0.3, -0.25) is 0 Å². The fraction of sp³-hybridized carbons (Fsp3) is 0.200. The van der Waals surface area contributed by atoms with Gasteiger partial charge in [-0.25, -0.2) is 9.78 Å². The standard InChI is InChI=1S/C15H13ClN2O3/c16-10-6-7-13(17-14(10)15(19)20)18-8-3-9-21-12-5-2-1-4-11(12)18/h1-2,4-7H,3,8-9H2,(H,19,20). The maximum absolute atomic E-state index is 11.2. The number of ether oxygens (including phenoxy) is 1. The number of anilines is 2. The lowest BCUT2D eigenvalue weighted by molar-refractivity contribution is 0.0691. The summed E-state index contributed by atoms with van der Waals surface area (Å²) in [7, 11) is 0. The van der Waals surface area contributed by atoms with E-state index in [0.29, 0.717) is 19.0 Å². The molecule has 0 radical (unpaired) electrons. The number of halogens is 1. The molecule has 0 unspecified atom stereocenters. The molecule has 3 rings (SSSR count). The maximum atomic E-state index is 11.2. The van der Waals surface area contributed by atoms with Crippen molar-refractivity contribution >= 4 is 29.1 Å². The first-order valence-corrected chi connectivity index (χ1v) is 6.94. The summed E-state index contributed by atoms with van der Waals surface area (Å²) in [4.78, 5) is 17.3. The Morgan fingerprint density at radius 1 is 1.29 bits per heavy atom. The first-order chi connectivity index (χ1) is 10.2. The topological polar surface area (TPSA) is 62.7 Å². The fourth-order valence-electron chi connectivity index (χ4n) is 2.30. The Morgan fingerprint density at radius 2 is 2.10 bits per heavy atom. The number of hydrogen-bond donors (Lipinski definition) is 1. The highest BCUT2D eigenvalue weighted by Gasteiger charge is 2.20. The Labute approximate surface area is 126 Å². The summed E-state index contributed by atoms with van der Waals surface area (Å²) in [5.74, 6) is 0.180. The average Bonchev–Trinajstić information content (AvgIpc) is 2.70. The predicted octanol–water partition coefficient (Wildman–Crippen LogP) is 3.35. The Bertz CT molecular complexity index is 690. The second-order valence-electron chi connectivity index (χ2n) is 4.63. The third-order valence-corrected chi connectivity index (χ3v) is 3.56. The van der Waals surface area contributed by atoms with Crippen molar-refractivity contribution in [1.82, 2.24) is 4.98 Å². The minimum atomic E-state index is -1.14. The summed E-state index contributed by atoms with van der Waals surface area (Å²) >= 11 is 5.88. The average molecular weight is 305 g/mol. The van der Waals surface area contributed by atoms with Gasteiger partial charge in [0.25, 0.3) is 0 Å². The molecule has 0 amide bonds. The molecule has 1 aromatic carbocycles. The van der Waals surface area contributed by atoms with Gasteiger partial charge in [0.1, 0.15) is 11.6 Å². The fourth-order valence-corrected chi connectivity index (χ4v) is 2.48. The number of pyridine rings is 1. The molecule has 0 fully saturated rings. The van der Waals surface area contributed by atoms with E-state index >= 15 is 0 Å². The largest absolute Gasteiger partial charge is 0.491 e. The number of hydrogen-bond acceptors (Lipinski definition) is 4. The first kappa shape index (κ1) is 13.7. The van der Waals surface area contributed by atoms with Gasteiger partial charge in [0, 0.05) is 6.54 Å². The minimum absolute atomic E-state index is 0.130. The van der Waals surface area contributed by atoms with E-state index in [1.165, 1.54) is 0 Å². The summed E-state index contributed by atoms with van der Waals surface area (Å²) in [5, 5.41) is 9.28. The Kier molecular flexibility index (Phi) is 3.66. The summed E-state index contributed by atoms with van der Waals surface area (Å²) in [6.07, 6.45) is 0.821. The molecule has 1 aliphatic rings. The lowest BCUT2D eigenvalue weighted by atomic mass is 10.2. The number of aromatic nitrogens is 1. The van der Waals surface area contributed by atoms with Gasteiger partial charge in [0.15, 0.2) is 5.69 Å². The Morgan fingerprint density at radius 3 is 2.90 bits per heavy atom. The van der Waals surface area contributed by atoms with Gasteiger partial charge in [0.2, 0.25) is 0 Å². The molecule has 1 N–H and O–H groups in total. The monoisotopic (exact) mass is 304 g/mol. The van der Waals surface area contributed by atoms with E-state index in [0.717, 1.165) is 17.9 Å². The van der Waals surface area contributed by atoms with Crippen molar-refractivity contribution in [2.75, 3.05) is 18.1 Å². The van der Waals surface area contributed by atoms with Gasteiger partial charge < -0.3 is 14.7 Å². The normalized spacial score (nSPS) is 14.0. The van der Waals surface area contributed by atoms with E-state index in [1.54, 1.807) is 12.1 Å². The number of para-hydroxylation sites is 2. The quantitative estimate of drug-likeness (QED) is 0.922. The van der Waals surface area contributed by atoms with Crippen LogP contribution in [0, 0.1) is 0 Å². The molecule has 0 atom stereocenters. The molecule has 0 bridgehead atoms. The van der Waals surface area contributed by atoms with Crippen LogP contribution in [-0.4, -0.2) is 29.2 Å². The van der Waals surface area contributed by atoms with Crippen molar-refractivity contribution in [3.8, 4) is 5.75 Å². The van der Waals surface area contributed by atoms with Crippen molar-refractivity contribution in [3.63, 3.8) is 0 Å². The first-order valence-electron chi connectivity index (χ1n) is 6.56. The van der Waals surface area contributed by atoms with Gasteiger partial charge in [-0.2, -0.15) is 0 Å². The van der Waals surface area contributed by atoms with Crippen LogP contribution in [0.4, 0.5) is 11.5 Å². The molecule has 0 saturated carbocycles. The zero-order chi connectivity index (χ0) is 14.8. The highest BCUT2D eigenvalue weighted by Crippen LogP contribution is 2.35. The lowest BCUT2D eigenvalue weighted by Crippen LogP contribution is -2.20. The number of nitrogens with zero attached hydrogens (tertiary/aromatic N) is 2. The number of rotatable bonds is 2. The second kappa shape index (κ2) is 5.61. The van der Waals surface area contributed by atoms with Crippen LogP contribution in [0.25, 0.3) is 0 Å². The molecule has 108 valence electrons. The number of carboxylic acid groups (broad SMARTS) is 1. The zero-order valence-corrected chi connectivity index (χ0v) is 11.9. The van der Waals surface area contributed by atoms with E-state index in [9.17, 15) is 4.79 Å². The van der Waals surface area contributed by atoms with Crippen molar-refractivity contribution in [3.05, 3.63) is 47.1 Å². The van der Waals surface area contributed by atoms with E-state index in [2.05, 4.69) is 4.98 Å². The summed E-state index contributed by atoms with van der Waals surface area (Å²) < 4.78 is 5.69. The smallest absolute Gasteiger partial charge is 0.356 e. The zero-order valence-electron chi connectivity index (χ0n) is 11.1. The lowest BCUT2D eigenvalue weighted by Gasteiger charge is -2.23. The van der Waals surface area contributed by atoms with Gasteiger partial charge in [-0.05, 0) is 30.7 Å². The van der Waals surface area contributed by atoms with Gasteiger partial charge in [-0.1, -0.05) is 23.7 Å². The molecule has 0 spiro atoms. The molecule has 5 nitrogen and oxygen atoms in total. The van der Waals surface area contributed by atoms with Crippen LogP contribution in [0.3, 0.4) is 0 Å². The molecule has 1 aliphatic heterocycles. The number of benzene rings is 1. The summed E-state index contributed by atoms with van der Waals surface area (Å²) in [6, 6.07) is 10.9. The van der Waals surface area contributed by atoms with E-state index in [1.807, 2.05) is 29.2 Å². The van der Waals surface area contributed by atoms with Crippen LogP contribution in [0.15, 0.2) is 36.4 Å². The predicted molar refractivity (Wildman–Crippen MR) is 79.8 cm³/mol. The molecule has 2 aromatic rings. The molecule has 0 saturated heterocycles. The molecular formula is C15H13ClN2O3.